The lowest BCUT2D eigenvalue weighted by atomic mass is 9.90. The number of aryl methyl sites for hydroxylation is 1. The Bertz CT molecular complexity index is 691. The third-order valence-corrected chi connectivity index (χ3v) is 4.61. The van der Waals surface area contributed by atoms with Gasteiger partial charge >= 0.3 is 0 Å². The Labute approximate surface area is 133 Å². The quantitative estimate of drug-likeness (QED) is 0.821. The highest BCUT2D eigenvalue weighted by atomic mass is 16.5. The Morgan fingerprint density at radius 1 is 1.35 bits per heavy atom. The summed E-state index contributed by atoms with van der Waals surface area (Å²) in [4.78, 5) is 14.9. The Balaban J connectivity index is 1.46. The molecular formula is C15H19N5O3. The Morgan fingerprint density at radius 3 is 3.04 bits per heavy atom. The molecule has 0 bridgehead atoms. The molecule has 0 unspecified atom stereocenters. The second-order valence-corrected chi connectivity index (χ2v) is 6.06. The van der Waals surface area contributed by atoms with Gasteiger partial charge in [-0.15, -0.1) is 0 Å². The molecule has 8 heteroatoms. The summed E-state index contributed by atoms with van der Waals surface area (Å²) in [7, 11) is 1.61. The Morgan fingerprint density at radius 2 is 2.26 bits per heavy atom. The normalized spacial score (nSPS) is 26.5. The summed E-state index contributed by atoms with van der Waals surface area (Å²) in [6, 6.07) is 1.86. The molecule has 122 valence electrons. The first kappa shape index (κ1) is 14.4. The van der Waals surface area contributed by atoms with Crippen LogP contribution in [0.3, 0.4) is 0 Å². The van der Waals surface area contributed by atoms with Gasteiger partial charge < -0.3 is 18.9 Å². The van der Waals surface area contributed by atoms with E-state index in [1.165, 1.54) is 6.33 Å². The van der Waals surface area contributed by atoms with Crippen molar-refractivity contribution < 1.29 is 14.0 Å². The first-order valence-corrected chi connectivity index (χ1v) is 7.74. The van der Waals surface area contributed by atoms with Crippen molar-refractivity contribution in [2.75, 3.05) is 31.7 Å². The van der Waals surface area contributed by atoms with Crippen LogP contribution in [0.5, 0.6) is 5.88 Å². The molecule has 0 saturated carbocycles. The molecule has 2 fully saturated rings. The fourth-order valence-electron chi connectivity index (χ4n) is 3.46. The third-order valence-electron chi connectivity index (χ3n) is 4.61. The molecule has 0 N–H and O–H groups in total. The third kappa shape index (κ3) is 2.74. The molecule has 4 rings (SSSR count). The number of hydrogen-bond acceptors (Lipinski definition) is 8. The summed E-state index contributed by atoms with van der Waals surface area (Å²) >= 11 is 0. The van der Waals surface area contributed by atoms with Crippen LogP contribution in [-0.4, -0.2) is 53.0 Å². The van der Waals surface area contributed by atoms with E-state index in [0.29, 0.717) is 29.4 Å². The maximum Gasteiger partial charge on any atom is 0.227 e. The van der Waals surface area contributed by atoms with Gasteiger partial charge in [0.05, 0.1) is 19.8 Å². The number of ether oxygens (including phenoxy) is 2. The minimum atomic E-state index is 0.227. The fraction of sp³-hybridized carbons (Fsp3) is 0.600. The standard InChI is InChI=1S/C15H19N5O3/c1-9-18-15(23-19-9)3-10-7-22-12-6-20(5-11(10)12)13-4-14(21-2)17-8-16-13/h4,8,10-12H,3,5-7H2,1-2H3/t10-,11+,12+/m0/s1. The van der Waals surface area contributed by atoms with E-state index in [1.807, 2.05) is 13.0 Å². The van der Waals surface area contributed by atoms with E-state index >= 15 is 0 Å². The molecule has 4 heterocycles. The largest absolute Gasteiger partial charge is 0.481 e. The number of anilines is 1. The average molecular weight is 317 g/mol. The van der Waals surface area contributed by atoms with Crippen molar-refractivity contribution in [3.05, 3.63) is 24.1 Å². The van der Waals surface area contributed by atoms with Crippen LogP contribution in [-0.2, 0) is 11.2 Å². The van der Waals surface area contributed by atoms with Gasteiger partial charge in [-0.3, -0.25) is 0 Å². The van der Waals surface area contributed by atoms with Crippen molar-refractivity contribution in [1.29, 1.82) is 0 Å². The zero-order valence-electron chi connectivity index (χ0n) is 13.2. The summed E-state index contributed by atoms with van der Waals surface area (Å²) in [5, 5.41) is 3.86. The second-order valence-electron chi connectivity index (χ2n) is 6.06. The molecule has 23 heavy (non-hydrogen) atoms. The highest BCUT2D eigenvalue weighted by molar-refractivity contribution is 5.42. The van der Waals surface area contributed by atoms with Crippen LogP contribution in [0, 0.1) is 18.8 Å². The lowest BCUT2D eigenvalue weighted by molar-refractivity contribution is 0.111. The van der Waals surface area contributed by atoms with E-state index in [0.717, 1.165) is 31.9 Å². The predicted octanol–water partition coefficient (Wildman–Crippen LogP) is 0.871. The molecule has 0 radical (unpaired) electrons. The van der Waals surface area contributed by atoms with Gasteiger partial charge in [0, 0.05) is 31.5 Å². The van der Waals surface area contributed by atoms with Gasteiger partial charge in [0.15, 0.2) is 5.82 Å². The summed E-state index contributed by atoms with van der Waals surface area (Å²) in [6.07, 6.45) is 2.52. The lowest BCUT2D eigenvalue weighted by Crippen LogP contribution is -2.25. The van der Waals surface area contributed by atoms with E-state index in [4.69, 9.17) is 14.0 Å². The average Bonchev–Trinajstić information content (AvgIpc) is 3.25. The van der Waals surface area contributed by atoms with Gasteiger partial charge in [-0.2, -0.15) is 4.98 Å². The highest BCUT2D eigenvalue weighted by Crippen LogP contribution is 2.37. The molecule has 2 aliphatic rings. The van der Waals surface area contributed by atoms with E-state index in [-0.39, 0.29) is 6.10 Å². The number of nitrogens with zero attached hydrogens (tertiary/aromatic N) is 5. The van der Waals surface area contributed by atoms with Crippen molar-refractivity contribution >= 4 is 5.82 Å². The van der Waals surface area contributed by atoms with Crippen LogP contribution in [0.4, 0.5) is 5.82 Å². The number of fused-ring (bicyclic) bond motifs is 1. The summed E-state index contributed by atoms with van der Waals surface area (Å²) in [5.41, 5.74) is 0. The number of methoxy groups -OCH3 is 1. The van der Waals surface area contributed by atoms with Gasteiger partial charge in [0.2, 0.25) is 11.8 Å². The molecule has 2 saturated heterocycles. The zero-order chi connectivity index (χ0) is 15.8. The Kier molecular flexibility index (Phi) is 3.60. The van der Waals surface area contributed by atoms with Crippen molar-refractivity contribution in [2.24, 2.45) is 11.8 Å². The summed E-state index contributed by atoms with van der Waals surface area (Å²) in [5.74, 6) is 3.67. The molecule has 2 aromatic rings. The van der Waals surface area contributed by atoms with Crippen LogP contribution < -0.4 is 9.64 Å². The van der Waals surface area contributed by atoms with Crippen molar-refractivity contribution in [1.82, 2.24) is 20.1 Å². The Hall–Kier alpha value is -2.22. The van der Waals surface area contributed by atoms with Crippen LogP contribution in [0.2, 0.25) is 0 Å². The first-order valence-electron chi connectivity index (χ1n) is 7.74. The van der Waals surface area contributed by atoms with E-state index in [9.17, 15) is 0 Å². The fourth-order valence-corrected chi connectivity index (χ4v) is 3.46. The maximum absolute atomic E-state index is 5.97. The lowest BCUT2D eigenvalue weighted by Gasteiger charge is -2.20. The minimum Gasteiger partial charge on any atom is -0.481 e. The van der Waals surface area contributed by atoms with Crippen LogP contribution in [0.15, 0.2) is 16.9 Å². The van der Waals surface area contributed by atoms with E-state index in [1.54, 1.807) is 7.11 Å². The van der Waals surface area contributed by atoms with Crippen molar-refractivity contribution in [2.45, 2.75) is 19.4 Å². The zero-order valence-corrected chi connectivity index (χ0v) is 13.2. The predicted molar refractivity (Wildman–Crippen MR) is 80.3 cm³/mol. The maximum atomic E-state index is 5.97. The van der Waals surface area contributed by atoms with Gasteiger partial charge in [-0.05, 0) is 12.8 Å². The topological polar surface area (TPSA) is 86.4 Å². The van der Waals surface area contributed by atoms with Crippen molar-refractivity contribution in [3.8, 4) is 5.88 Å². The smallest absolute Gasteiger partial charge is 0.227 e. The van der Waals surface area contributed by atoms with Crippen LogP contribution in [0.1, 0.15) is 11.7 Å². The summed E-state index contributed by atoms with van der Waals surface area (Å²) in [6.45, 7) is 4.32. The molecule has 8 nitrogen and oxygen atoms in total. The molecule has 0 amide bonds. The second kappa shape index (κ2) is 5.77. The molecule has 3 atom stereocenters. The number of aromatic nitrogens is 4. The number of hydrogen-bond donors (Lipinski definition) is 0. The van der Waals surface area contributed by atoms with Crippen molar-refractivity contribution in [3.63, 3.8) is 0 Å². The minimum absolute atomic E-state index is 0.227. The molecule has 0 spiro atoms. The van der Waals surface area contributed by atoms with Gasteiger partial charge in [0.25, 0.3) is 0 Å². The van der Waals surface area contributed by atoms with Gasteiger partial charge in [-0.25, -0.2) is 9.97 Å². The molecule has 0 aliphatic carbocycles. The molecular weight excluding hydrogens is 298 g/mol. The SMILES string of the molecule is COc1cc(N2C[C@@H]3[C@@H](Cc4nc(C)no4)CO[C@@H]3C2)ncn1. The monoisotopic (exact) mass is 317 g/mol. The first-order chi connectivity index (χ1) is 11.2. The highest BCUT2D eigenvalue weighted by Gasteiger charge is 2.44. The summed E-state index contributed by atoms with van der Waals surface area (Å²) < 4.78 is 16.4. The number of rotatable bonds is 4. The van der Waals surface area contributed by atoms with Gasteiger partial charge in [-0.1, -0.05) is 5.16 Å². The van der Waals surface area contributed by atoms with E-state index < -0.39 is 0 Å². The molecule has 0 aromatic carbocycles. The molecule has 2 aromatic heterocycles. The van der Waals surface area contributed by atoms with E-state index in [2.05, 4.69) is 25.0 Å². The van der Waals surface area contributed by atoms with Crippen LogP contribution >= 0.6 is 0 Å². The van der Waals surface area contributed by atoms with Gasteiger partial charge in [0.1, 0.15) is 12.1 Å². The molecule has 2 aliphatic heterocycles. The van der Waals surface area contributed by atoms with Crippen LogP contribution in [0.25, 0.3) is 0 Å².